The molecule has 3 rings (SSSR count). The third-order valence-corrected chi connectivity index (χ3v) is 4.19. The highest BCUT2D eigenvalue weighted by Gasteiger charge is 2.11. The highest BCUT2D eigenvalue weighted by molar-refractivity contribution is 9.10. The Morgan fingerprint density at radius 2 is 2.04 bits per heavy atom. The van der Waals surface area contributed by atoms with Gasteiger partial charge in [0.1, 0.15) is 0 Å². The second-order valence-electron chi connectivity index (χ2n) is 5.18. The largest absolute Gasteiger partial charge is 0.338 e. The number of rotatable bonds is 5. The summed E-state index contributed by atoms with van der Waals surface area (Å²) >= 11 is 9.46. The predicted molar refractivity (Wildman–Crippen MR) is 94.1 cm³/mol. The van der Waals surface area contributed by atoms with E-state index in [-0.39, 0.29) is 6.04 Å². The number of hydrogen-bond donors (Lipinski definition) is 1. The van der Waals surface area contributed by atoms with Crippen molar-refractivity contribution in [2.45, 2.75) is 19.5 Å². The molecule has 4 nitrogen and oxygen atoms in total. The molecule has 0 aliphatic heterocycles. The Balaban J connectivity index is 1.65. The minimum absolute atomic E-state index is 0.134. The van der Waals surface area contributed by atoms with Gasteiger partial charge in [-0.3, -0.25) is 0 Å². The molecule has 0 spiro atoms. The first kappa shape index (κ1) is 16.2. The molecule has 0 radical (unpaired) electrons. The molecule has 1 N–H and O–H groups in total. The van der Waals surface area contributed by atoms with Crippen LogP contribution in [0.3, 0.4) is 0 Å². The highest BCUT2D eigenvalue weighted by atomic mass is 79.9. The van der Waals surface area contributed by atoms with Crippen molar-refractivity contribution in [3.63, 3.8) is 0 Å². The van der Waals surface area contributed by atoms with Gasteiger partial charge in [0.05, 0.1) is 6.54 Å². The fourth-order valence-electron chi connectivity index (χ4n) is 2.21. The van der Waals surface area contributed by atoms with Gasteiger partial charge in [-0.2, -0.15) is 4.98 Å². The molecule has 0 aliphatic carbocycles. The quantitative estimate of drug-likeness (QED) is 0.663. The van der Waals surface area contributed by atoms with Gasteiger partial charge in [-0.05, 0) is 36.8 Å². The minimum atomic E-state index is 0.134. The molecule has 118 valence electrons. The second kappa shape index (κ2) is 7.25. The zero-order valence-electron chi connectivity index (χ0n) is 12.5. The van der Waals surface area contributed by atoms with Gasteiger partial charge < -0.3 is 9.84 Å². The lowest BCUT2D eigenvalue weighted by Gasteiger charge is -2.12. The summed E-state index contributed by atoms with van der Waals surface area (Å²) in [5, 5.41) is 8.11. The van der Waals surface area contributed by atoms with Crippen LogP contribution >= 0.6 is 27.5 Å². The van der Waals surface area contributed by atoms with Gasteiger partial charge >= 0.3 is 0 Å². The summed E-state index contributed by atoms with van der Waals surface area (Å²) in [5.41, 5.74) is 2.03. The van der Waals surface area contributed by atoms with Crippen LogP contribution in [0.15, 0.2) is 57.5 Å². The van der Waals surface area contributed by atoms with E-state index < -0.39 is 0 Å². The predicted octanol–water partition coefficient (Wildman–Crippen LogP) is 5.00. The fourth-order valence-corrected chi connectivity index (χ4v) is 2.80. The highest BCUT2D eigenvalue weighted by Crippen LogP contribution is 2.21. The third-order valence-electron chi connectivity index (χ3n) is 3.46. The van der Waals surface area contributed by atoms with E-state index in [0.29, 0.717) is 18.3 Å². The van der Waals surface area contributed by atoms with Crippen LogP contribution in [0.25, 0.3) is 11.4 Å². The Bertz CT molecular complexity index is 806. The molecule has 2 aromatic carbocycles. The van der Waals surface area contributed by atoms with Gasteiger partial charge in [0.15, 0.2) is 0 Å². The number of nitrogens with one attached hydrogen (secondary N) is 1. The minimum Gasteiger partial charge on any atom is -0.338 e. The van der Waals surface area contributed by atoms with E-state index in [1.54, 1.807) is 0 Å². The third kappa shape index (κ3) is 4.19. The van der Waals surface area contributed by atoms with Crippen LogP contribution in [0.5, 0.6) is 0 Å². The van der Waals surface area contributed by atoms with Crippen molar-refractivity contribution in [2.75, 3.05) is 0 Å². The SMILES string of the molecule is CC(NCc1nc(-c2cccc(Br)c2)no1)c1cccc(Cl)c1. The summed E-state index contributed by atoms with van der Waals surface area (Å²) in [6.45, 7) is 2.56. The summed E-state index contributed by atoms with van der Waals surface area (Å²) in [5.74, 6) is 1.13. The van der Waals surface area contributed by atoms with Crippen LogP contribution in [-0.4, -0.2) is 10.1 Å². The van der Waals surface area contributed by atoms with Crippen molar-refractivity contribution >= 4 is 27.5 Å². The summed E-state index contributed by atoms with van der Waals surface area (Å²) in [6.07, 6.45) is 0. The molecule has 1 aromatic heterocycles. The van der Waals surface area contributed by atoms with Crippen LogP contribution in [0.4, 0.5) is 0 Å². The van der Waals surface area contributed by atoms with Crippen molar-refractivity contribution in [1.29, 1.82) is 0 Å². The fraction of sp³-hybridized carbons (Fsp3) is 0.176. The smallest absolute Gasteiger partial charge is 0.240 e. The maximum Gasteiger partial charge on any atom is 0.240 e. The van der Waals surface area contributed by atoms with E-state index >= 15 is 0 Å². The zero-order chi connectivity index (χ0) is 16.2. The van der Waals surface area contributed by atoms with Crippen LogP contribution < -0.4 is 5.32 Å². The Labute approximate surface area is 148 Å². The van der Waals surface area contributed by atoms with E-state index in [2.05, 4.69) is 38.3 Å². The summed E-state index contributed by atoms with van der Waals surface area (Å²) in [4.78, 5) is 4.42. The number of benzene rings is 2. The first-order valence-corrected chi connectivity index (χ1v) is 8.36. The Kier molecular flexibility index (Phi) is 5.10. The van der Waals surface area contributed by atoms with Crippen molar-refractivity contribution < 1.29 is 4.52 Å². The lowest BCUT2D eigenvalue weighted by atomic mass is 10.1. The summed E-state index contributed by atoms with van der Waals surface area (Å²) in [7, 11) is 0. The molecule has 0 saturated carbocycles. The van der Waals surface area contributed by atoms with Crippen molar-refractivity contribution in [3.8, 4) is 11.4 Å². The van der Waals surface area contributed by atoms with Crippen LogP contribution in [0, 0.1) is 0 Å². The van der Waals surface area contributed by atoms with Gasteiger partial charge in [-0.25, -0.2) is 0 Å². The Hall–Kier alpha value is -1.69. The molecule has 0 fully saturated rings. The molecule has 0 aliphatic rings. The van der Waals surface area contributed by atoms with Crippen molar-refractivity contribution in [2.24, 2.45) is 0 Å². The first-order valence-electron chi connectivity index (χ1n) is 7.19. The van der Waals surface area contributed by atoms with E-state index in [9.17, 15) is 0 Å². The van der Waals surface area contributed by atoms with Gasteiger partial charge in [-0.15, -0.1) is 0 Å². The molecular weight excluding hydrogens is 378 g/mol. The number of hydrogen-bond acceptors (Lipinski definition) is 4. The molecule has 1 atom stereocenters. The number of aromatic nitrogens is 2. The van der Waals surface area contributed by atoms with Gasteiger partial charge in [0, 0.05) is 21.1 Å². The first-order chi connectivity index (χ1) is 11.1. The van der Waals surface area contributed by atoms with E-state index in [1.165, 1.54) is 0 Å². The molecular formula is C17H15BrClN3O. The van der Waals surface area contributed by atoms with Crippen molar-refractivity contribution in [1.82, 2.24) is 15.5 Å². The molecule has 6 heteroatoms. The summed E-state index contributed by atoms with van der Waals surface area (Å²) in [6, 6.07) is 15.7. The molecule has 0 amide bonds. The van der Waals surface area contributed by atoms with E-state index in [1.807, 2.05) is 48.5 Å². The van der Waals surface area contributed by atoms with Gasteiger partial charge in [0.2, 0.25) is 11.7 Å². The average Bonchev–Trinajstić information content (AvgIpc) is 3.01. The second-order valence-corrected chi connectivity index (χ2v) is 6.53. The van der Waals surface area contributed by atoms with Crippen LogP contribution in [0.1, 0.15) is 24.4 Å². The maximum absolute atomic E-state index is 6.02. The lowest BCUT2D eigenvalue weighted by Crippen LogP contribution is -2.18. The summed E-state index contributed by atoms with van der Waals surface area (Å²) < 4.78 is 6.28. The maximum atomic E-state index is 6.02. The molecule has 1 unspecified atom stereocenters. The van der Waals surface area contributed by atoms with E-state index in [4.69, 9.17) is 16.1 Å². The van der Waals surface area contributed by atoms with Gasteiger partial charge in [0.25, 0.3) is 0 Å². The molecule has 23 heavy (non-hydrogen) atoms. The average molecular weight is 393 g/mol. The Morgan fingerprint density at radius 1 is 1.22 bits per heavy atom. The van der Waals surface area contributed by atoms with Crippen LogP contribution in [-0.2, 0) is 6.54 Å². The Morgan fingerprint density at radius 3 is 2.83 bits per heavy atom. The van der Waals surface area contributed by atoms with E-state index in [0.717, 1.165) is 20.6 Å². The van der Waals surface area contributed by atoms with Crippen molar-refractivity contribution in [3.05, 3.63) is 69.5 Å². The topological polar surface area (TPSA) is 51.0 Å². The monoisotopic (exact) mass is 391 g/mol. The molecule has 0 bridgehead atoms. The standard InChI is InChI=1S/C17H15BrClN3O/c1-11(12-4-3-7-15(19)9-12)20-10-16-21-17(22-23-16)13-5-2-6-14(18)8-13/h2-9,11,20H,10H2,1H3. The zero-order valence-corrected chi connectivity index (χ0v) is 14.8. The molecule has 1 heterocycles. The number of nitrogens with zero attached hydrogens (tertiary/aromatic N) is 2. The normalized spacial score (nSPS) is 12.3. The lowest BCUT2D eigenvalue weighted by molar-refractivity contribution is 0.360. The van der Waals surface area contributed by atoms with Gasteiger partial charge in [-0.1, -0.05) is 57.0 Å². The molecule has 0 saturated heterocycles. The molecule has 3 aromatic rings. The number of halogens is 2. The van der Waals surface area contributed by atoms with Crippen LogP contribution in [0.2, 0.25) is 5.02 Å².